The van der Waals surface area contributed by atoms with Crippen LogP contribution in [0.1, 0.15) is 19.4 Å². The summed E-state index contributed by atoms with van der Waals surface area (Å²) in [6.45, 7) is 4.44. The molecule has 0 spiro atoms. The average molecular weight is 427 g/mol. The molecule has 2 amide bonds. The Balaban J connectivity index is 2.00. The predicted octanol–water partition coefficient (Wildman–Crippen LogP) is 3.50. The Bertz CT molecular complexity index is 973. The molecule has 0 unspecified atom stereocenters. The number of amides is 2. The highest BCUT2D eigenvalue weighted by molar-refractivity contribution is 5.98. The highest BCUT2D eigenvalue weighted by Gasteiger charge is 2.14. The number of para-hydroxylation sites is 1. The SMILES string of the molecule is CCOc1ccc(NC(=O)CN(C)C(=O)/C=C/c2ccccc2[N+](=O)[O-])cc1OCC. The molecular formula is C22H25N3O6. The molecule has 0 aliphatic rings. The first-order chi connectivity index (χ1) is 14.8. The first-order valence-electron chi connectivity index (χ1n) is 9.71. The van der Waals surface area contributed by atoms with Gasteiger partial charge in [-0.3, -0.25) is 19.7 Å². The topological polar surface area (TPSA) is 111 Å². The number of nitrogens with zero attached hydrogens (tertiary/aromatic N) is 2. The van der Waals surface area contributed by atoms with Crippen LogP contribution in [0.25, 0.3) is 6.08 Å². The Morgan fingerprint density at radius 3 is 2.45 bits per heavy atom. The molecule has 31 heavy (non-hydrogen) atoms. The maximum Gasteiger partial charge on any atom is 0.276 e. The van der Waals surface area contributed by atoms with E-state index in [1.165, 1.54) is 36.2 Å². The molecule has 0 saturated carbocycles. The average Bonchev–Trinajstić information content (AvgIpc) is 2.74. The molecule has 0 aliphatic carbocycles. The van der Waals surface area contributed by atoms with Crippen molar-refractivity contribution in [1.29, 1.82) is 0 Å². The molecule has 0 aromatic heterocycles. The van der Waals surface area contributed by atoms with E-state index in [1.54, 1.807) is 30.3 Å². The van der Waals surface area contributed by atoms with Crippen LogP contribution in [0.15, 0.2) is 48.5 Å². The van der Waals surface area contributed by atoms with E-state index < -0.39 is 16.7 Å². The lowest BCUT2D eigenvalue weighted by atomic mass is 10.1. The zero-order valence-corrected chi connectivity index (χ0v) is 17.7. The maximum absolute atomic E-state index is 12.3. The summed E-state index contributed by atoms with van der Waals surface area (Å²) in [7, 11) is 1.47. The van der Waals surface area contributed by atoms with Crippen molar-refractivity contribution in [2.45, 2.75) is 13.8 Å². The van der Waals surface area contributed by atoms with Crippen LogP contribution >= 0.6 is 0 Å². The minimum Gasteiger partial charge on any atom is -0.490 e. The van der Waals surface area contributed by atoms with Crippen molar-refractivity contribution in [3.05, 3.63) is 64.2 Å². The van der Waals surface area contributed by atoms with Crippen LogP contribution in [0.3, 0.4) is 0 Å². The summed E-state index contributed by atoms with van der Waals surface area (Å²) in [6, 6.07) is 11.1. The summed E-state index contributed by atoms with van der Waals surface area (Å²) >= 11 is 0. The van der Waals surface area contributed by atoms with Gasteiger partial charge in [0, 0.05) is 30.9 Å². The van der Waals surface area contributed by atoms with Crippen LogP contribution in [-0.4, -0.2) is 48.4 Å². The van der Waals surface area contributed by atoms with Gasteiger partial charge in [0.05, 0.1) is 30.2 Å². The molecule has 0 heterocycles. The Morgan fingerprint density at radius 2 is 1.77 bits per heavy atom. The number of likely N-dealkylation sites (N-methyl/N-ethyl adjacent to an activating group) is 1. The second-order valence-electron chi connectivity index (χ2n) is 6.42. The summed E-state index contributed by atoms with van der Waals surface area (Å²) in [5.41, 5.74) is 0.706. The van der Waals surface area contributed by atoms with Gasteiger partial charge in [0.25, 0.3) is 5.69 Å². The third kappa shape index (κ3) is 6.84. The standard InChI is InChI=1S/C22H25N3O6/c1-4-30-19-12-11-17(14-20(19)31-5-2)23-21(26)15-24(3)22(27)13-10-16-8-6-7-9-18(16)25(28)29/h6-14H,4-5,15H2,1-3H3,(H,23,26)/b13-10+. The Kier molecular flexibility index (Phi) is 8.56. The first-order valence-corrected chi connectivity index (χ1v) is 9.71. The molecule has 0 atom stereocenters. The quantitative estimate of drug-likeness (QED) is 0.353. The molecule has 2 aromatic carbocycles. The van der Waals surface area contributed by atoms with Crippen LogP contribution < -0.4 is 14.8 Å². The zero-order chi connectivity index (χ0) is 22.8. The number of nitro benzene ring substituents is 1. The third-order valence-corrected chi connectivity index (χ3v) is 4.12. The molecule has 0 fully saturated rings. The van der Waals surface area contributed by atoms with Crippen molar-refractivity contribution in [2.24, 2.45) is 0 Å². The second kappa shape index (κ2) is 11.3. The zero-order valence-electron chi connectivity index (χ0n) is 17.7. The minimum absolute atomic E-state index is 0.104. The van der Waals surface area contributed by atoms with Crippen molar-refractivity contribution < 1.29 is 24.0 Å². The number of carbonyl (C=O) groups excluding carboxylic acids is 2. The fourth-order valence-electron chi connectivity index (χ4n) is 2.71. The fourth-order valence-corrected chi connectivity index (χ4v) is 2.71. The van der Waals surface area contributed by atoms with E-state index in [2.05, 4.69) is 5.32 Å². The van der Waals surface area contributed by atoms with Crippen LogP contribution in [0.5, 0.6) is 11.5 Å². The number of ether oxygens (including phenoxy) is 2. The van der Waals surface area contributed by atoms with Gasteiger partial charge in [-0.15, -0.1) is 0 Å². The lowest BCUT2D eigenvalue weighted by Crippen LogP contribution is -2.33. The lowest BCUT2D eigenvalue weighted by Gasteiger charge is -2.16. The van der Waals surface area contributed by atoms with Gasteiger partial charge in [0.2, 0.25) is 11.8 Å². The molecule has 2 rings (SSSR count). The van der Waals surface area contributed by atoms with Crippen molar-refractivity contribution in [3.8, 4) is 11.5 Å². The summed E-state index contributed by atoms with van der Waals surface area (Å²) in [5, 5.41) is 13.8. The smallest absolute Gasteiger partial charge is 0.276 e. The van der Waals surface area contributed by atoms with Crippen molar-refractivity contribution in [2.75, 3.05) is 32.1 Å². The molecule has 2 aromatic rings. The summed E-state index contributed by atoms with van der Waals surface area (Å²) in [5.74, 6) is 0.227. The largest absolute Gasteiger partial charge is 0.490 e. The van der Waals surface area contributed by atoms with Gasteiger partial charge in [0.15, 0.2) is 11.5 Å². The van der Waals surface area contributed by atoms with Crippen LogP contribution in [0, 0.1) is 10.1 Å². The predicted molar refractivity (Wildman–Crippen MR) is 117 cm³/mol. The van der Waals surface area contributed by atoms with Gasteiger partial charge >= 0.3 is 0 Å². The highest BCUT2D eigenvalue weighted by Crippen LogP contribution is 2.30. The molecule has 9 nitrogen and oxygen atoms in total. The van der Waals surface area contributed by atoms with Crippen LogP contribution in [0.4, 0.5) is 11.4 Å². The van der Waals surface area contributed by atoms with Crippen molar-refractivity contribution >= 4 is 29.3 Å². The minimum atomic E-state index is -0.519. The molecule has 0 bridgehead atoms. The van der Waals surface area contributed by atoms with Crippen molar-refractivity contribution in [1.82, 2.24) is 4.90 Å². The number of rotatable bonds is 10. The number of nitrogens with one attached hydrogen (secondary N) is 1. The number of hydrogen-bond donors (Lipinski definition) is 1. The van der Waals surface area contributed by atoms with E-state index in [0.29, 0.717) is 36.0 Å². The molecule has 164 valence electrons. The van der Waals surface area contributed by atoms with E-state index in [4.69, 9.17) is 9.47 Å². The number of nitro groups is 1. The van der Waals surface area contributed by atoms with Crippen LogP contribution in [0.2, 0.25) is 0 Å². The maximum atomic E-state index is 12.3. The van der Waals surface area contributed by atoms with Gasteiger partial charge in [0.1, 0.15) is 0 Å². The molecule has 0 saturated heterocycles. The van der Waals surface area contributed by atoms with Gasteiger partial charge in [-0.2, -0.15) is 0 Å². The molecule has 0 aliphatic heterocycles. The third-order valence-electron chi connectivity index (χ3n) is 4.12. The normalized spacial score (nSPS) is 10.5. The van der Waals surface area contributed by atoms with Gasteiger partial charge in [-0.1, -0.05) is 12.1 Å². The summed E-state index contributed by atoms with van der Waals surface area (Å²) in [4.78, 5) is 36.4. The number of hydrogen-bond acceptors (Lipinski definition) is 6. The van der Waals surface area contributed by atoms with E-state index >= 15 is 0 Å². The number of anilines is 1. The molecular weight excluding hydrogens is 402 g/mol. The number of carbonyl (C=O) groups is 2. The van der Waals surface area contributed by atoms with Crippen LogP contribution in [-0.2, 0) is 9.59 Å². The summed E-state index contributed by atoms with van der Waals surface area (Å²) < 4.78 is 11.0. The lowest BCUT2D eigenvalue weighted by molar-refractivity contribution is -0.385. The monoisotopic (exact) mass is 427 g/mol. The van der Waals surface area contributed by atoms with Crippen molar-refractivity contribution in [3.63, 3.8) is 0 Å². The first kappa shape index (κ1) is 23.4. The Hall–Kier alpha value is -3.88. The number of benzene rings is 2. The van der Waals surface area contributed by atoms with E-state index in [9.17, 15) is 19.7 Å². The molecule has 9 heteroatoms. The fraction of sp³-hybridized carbons (Fsp3) is 0.273. The van der Waals surface area contributed by atoms with E-state index in [1.807, 2.05) is 13.8 Å². The van der Waals surface area contributed by atoms with Gasteiger partial charge < -0.3 is 19.7 Å². The van der Waals surface area contributed by atoms with Gasteiger partial charge in [-0.25, -0.2) is 0 Å². The molecule has 0 radical (unpaired) electrons. The second-order valence-corrected chi connectivity index (χ2v) is 6.42. The highest BCUT2D eigenvalue weighted by atomic mass is 16.6. The van der Waals surface area contributed by atoms with Gasteiger partial charge in [-0.05, 0) is 38.1 Å². The van der Waals surface area contributed by atoms with E-state index in [-0.39, 0.29) is 12.2 Å². The Labute approximate surface area is 180 Å². The molecule has 1 N–H and O–H groups in total. The van der Waals surface area contributed by atoms with E-state index in [0.717, 1.165) is 0 Å². The summed E-state index contributed by atoms with van der Waals surface area (Å²) in [6.07, 6.45) is 2.55. The Morgan fingerprint density at radius 1 is 1.10 bits per heavy atom.